The van der Waals surface area contributed by atoms with Gasteiger partial charge in [0.25, 0.3) is 0 Å². The van der Waals surface area contributed by atoms with Crippen molar-refractivity contribution in [2.24, 2.45) is 0 Å². The van der Waals surface area contributed by atoms with Crippen molar-refractivity contribution in [3.05, 3.63) is 66.1 Å². The van der Waals surface area contributed by atoms with E-state index < -0.39 is 0 Å². The van der Waals surface area contributed by atoms with Crippen molar-refractivity contribution in [3.63, 3.8) is 0 Å². The largest absolute Gasteiger partial charge is 0.325 e. The van der Waals surface area contributed by atoms with Gasteiger partial charge in [-0.1, -0.05) is 30.9 Å². The predicted molar refractivity (Wildman–Crippen MR) is 94.2 cm³/mol. The van der Waals surface area contributed by atoms with Crippen LogP contribution >= 0.6 is 0 Å². The molecule has 0 saturated heterocycles. The van der Waals surface area contributed by atoms with Gasteiger partial charge >= 0.3 is 0 Å². The van der Waals surface area contributed by atoms with Crippen molar-refractivity contribution in [1.29, 1.82) is 0 Å². The summed E-state index contributed by atoms with van der Waals surface area (Å²) in [6.45, 7) is 9.26. The van der Waals surface area contributed by atoms with Crippen LogP contribution in [0.2, 0.25) is 0 Å². The second-order valence-electron chi connectivity index (χ2n) is 5.39. The standard InChI is InChI=1S/C19H21N3O/c1-5-18(6-2)22-19-20-11-17(12-21-19)16-8-7-15(10-14(4)23)13(3)9-16/h5-9,11-12H,1,10H2,2-4H3,(H,20,21,22)/b18-6+. The van der Waals surface area contributed by atoms with E-state index in [2.05, 4.69) is 27.9 Å². The lowest BCUT2D eigenvalue weighted by atomic mass is 9.99. The fourth-order valence-corrected chi connectivity index (χ4v) is 2.25. The summed E-state index contributed by atoms with van der Waals surface area (Å²) in [7, 11) is 0. The zero-order valence-corrected chi connectivity index (χ0v) is 13.8. The van der Waals surface area contributed by atoms with Gasteiger partial charge in [0.1, 0.15) is 5.78 Å². The van der Waals surface area contributed by atoms with Crippen LogP contribution in [0.5, 0.6) is 0 Å². The lowest BCUT2D eigenvalue weighted by Gasteiger charge is -2.09. The fraction of sp³-hybridized carbons (Fsp3) is 0.211. The molecule has 0 aliphatic rings. The molecule has 0 radical (unpaired) electrons. The van der Waals surface area contributed by atoms with Crippen LogP contribution in [-0.2, 0) is 11.2 Å². The Hall–Kier alpha value is -2.75. The van der Waals surface area contributed by atoms with E-state index in [0.717, 1.165) is 28.0 Å². The second kappa shape index (κ2) is 7.49. The summed E-state index contributed by atoms with van der Waals surface area (Å²) in [5, 5.41) is 3.08. The van der Waals surface area contributed by atoms with E-state index in [4.69, 9.17) is 0 Å². The second-order valence-corrected chi connectivity index (χ2v) is 5.39. The first-order valence-electron chi connectivity index (χ1n) is 7.50. The first kappa shape index (κ1) is 16.6. The van der Waals surface area contributed by atoms with Gasteiger partial charge < -0.3 is 5.32 Å². The predicted octanol–water partition coefficient (Wildman–Crippen LogP) is 4.09. The van der Waals surface area contributed by atoms with E-state index in [9.17, 15) is 4.79 Å². The number of carbonyl (C=O) groups excluding carboxylic acids is 1. The van der Waals surface area contributed by atoms with Crippen LogP contribution in [-0.4, -0.2) is 15.8 Å². The highest BCUT2D eigenvalue weighted by molar-refractivity contribution is 5.79. The highest BCUT2D eigenvalue weighted by atomic mass is 16.1. The van der Waals surface area contributed by atoms with Crippen molar-refractivity contribution in [1.82, 2.24) is 9.97 Å². The molecule has 2 rings (SSSR count). The number of carbonyl (C=O) groups is 1. The summed E-state index contributed by atoms with van der Waals surface area (Å²) < 4.78 is 0. The molecule has 1 aromatic heterocycles. The van der Waals surface area contributed by atoms with E-state index >= 15 is 0 Å². The SMILES string of the molecule is C=C/C(=C\C)Nc1ncc(-c2ccc(CC(C)=O)c(C)c2)cn1. The first-order chi connectivity index (χ1) is 11.0. The topological polar surface area (TPSA) is 54.9 Å². The molecule has 1 aromatic carbocycles. The molecule has 0 aliphatic heterocycles. The number of nitrogens with zero attached hydrogens (tertiary/aromatic N) is 2. The molecule has 0 spiro atoms. The van der Waals surface area contributed by atoms with Crippen molar-refractivity contribution in [3.8, 4) is 11.1 Å². The van der Waals surface area contributed by atoms with Crippen LogP contribution in [0.15, 0.2) is 55.0 Å². The minimum Gasteiger partial charge on any atom is -0.325 e. The van der Waals surface area contributed by atoms with E-state index in [1.54, 1.807) is 25.4 Å². The number of ketones is 1. The number of anilines is 1. The molecule has 1 heterocycles. The van der Waals surface area contributed by atoms with Crippen LogP contribution in [0, 0.1) is 6.92 Å². The lowest BCUT2D eigenvalue weighted by molar-refractivity contribution is -0.116. The third kappa shape index (κ3) is 4.36. The first-order valence-corrected chi connectivity index (χ1v) is 7.50. The number of aryl methyl sites for hydroxylation is 1. The molecular weight excluding hydrogens is 286 g/mol. The zero-order valence-electron chi connectivity index (χ0n) is 13.8. The number of hydrogen-bond donors (Lipinski definition) is 1. The minimum absolute atomic E-state index is 0.168. The molecule has 0 aliphatic carbocycles. The number of hydrogen-bond acceptors (Lipinski definition) is 4. The van der Waals surface area contributed by atoms with E-state index in [1.807, 2.05) is 32.1 Å². The van der Waals surface area contributed by atoms with E-state index in [1.165, 1.54) is 0 Å². The van der Waals surface area contributed by atoms with E-state index in [0.29, 0.717) is 12.4 Å². The Kier molecular flexibility index (Phi) is 5.41. The molecule has 4 nitrogen and oxygen atoms in total. The summed E-state index contributed by atoms with van der Waals surface area (Å²) in [4.78, 5) is 19.9. The van der Waals surface area contributed by atoms with Crippen LogP contribution in [0.25, 0.3) is 11.1 Å². The summed E-state index contributed by atoms with van der Waals surface area (Å²) in [5.41, 5.74) is 5.00. The normalized spacial score (nSPS) is 11.2. The Bertz CT molecular complexity index is 746. The van der Waals surface area contributed by atoms with Crippen molar-refractivity contribution in [2.75, 3.05) is 5.32 Å². The van der Waals surface area contributed by atoms with E-state index in [-0.39, 0.29) is 5.78 Å². The third-order valence-electron chi connectivity index (χ3n) is 3.55. The Balaban J connectivity index is 2.21. The molecule has 0 bridgehead atoms. The van der Waals surface area contributed by atoms with Crippen LogP contribution in [0.1, 0.15) is 25.0 Å². The smallest absolute Gasteiger partial charge is 0.227 e. The molecule has 2 aromatic rings. The maximum absolute atomic E-state index is 11.3. The summed E-state index contributed by atoms with van der Waals surface area (Å²) in [5.74, 6) is 0.702. The van der Waals surface area contributed by atoms with Gasteiger partial charge in [-0.3, -0.25) is 4.79 Å². The average Bonchev–Trinajstić information content (AvgIpc) is 2.54. The van der Waals surface area contributed by atoms with Gasteiger partial charge in [-0.15, -0.1) is 0 Å². The molecule has 0 saturated carbocycles. The quantitative estimate of drug-likeness (QED) is 0.817. The maximum atomic E-state index is 11.3. The Morgan fingerprint density at radius 2 is 1.96 bits per heavy atom. The van der Waals surface area contributed by atoms with Crippen molar-refractivity contribution >= 4 is 11.7 Å². The number of rotatable bonds is 6. The van der Waals surface area contributed by atoms with Gasteiger partial charge in [0.05, 0.1) is 0 Å². The van der Waals surface area contributed by atoms with Crippen LogP contribution in [0.4, 0.5) is 5.95 Å². The Morgan fingerprint density at radius 1 is 1.26 bits per heavy atom. The number of aromatic nitrogens is 2. The average molecular weight is 307 g/mol. The molecule has 0 atom stereocenters. The monoisotopic (exact) mass is 307 g/mol. The molecule has 0 fully saturated rings. The summed E-state index contributed by atoms with van der Waals surface area (Å²) in [6.07, 6.45) is 7.66. The van der Waals surface area contributed by atoms with Gasteiger partial charge in [-0.05, 0) is 43.5 Å². The molecule has 0 unspecified atom stereocenters. The zero-order chi connectivity index (χ0) is 16.8. The van der Waals surface area contributed by atoms with Gasteiger partial charge in [-0.25, -0.2) is 9.97 Å². The number of benzene rings is 1. The molecule has 23 heavy (non-hydrogen) atoms. The lowest BCUT2D eigenvalue weighted by Crippen LogP contribution is -2.01. The van der Waals surface area contributed by atoms with Crippen molar-refractivity contribution < 1.29 is 4.79 Å². The maximum Gasteiger partial charge on any atom is 0.227 e. The number of Topliss-reactive ketones (excluding diaryl/α,β-unsaturated/α-hetero) is 1. The van der Waals surface area contributed by atoms with Gasteiger partial charge in [0.15, 0.2) is 0 Å². The number of nitrogens with one attached hydrogen (secondary N) is 1. The number of allylic oxidation sites excluding steroid dienone is 2. The molecule has 4 heteroatoms. The minimum atomic E-state index is 0.168. The third-order valence-corrected chi connectivity index (χ3v) is 3.55. The highest BCUT2D eigenvalue weighted by Gasteiger charge is 2.06. The molecule has 118 valence electrons. The summed E-state index contributed by atoms with van der Waals surface area (Å²) >= 11 is 0. The van der Waals surface area contributed by atoms with Crippen LogP contribution in [0.3, 0.4) is 0 Å². The van der Waals surface area contributed by atoms with Gasteiger partial charge in [0.2, 0.25) is 5.95 Å². The molecular formula is C19H21N3O. The van der Waals surface area contributed by atoms with Crippen molar-refractivity contribution in [2.45, 2.75) is 27.2 Å². The Labute approximate surface area is 137 Å². The summed E-state index contributed by atoms with van der Waals surface area (Å²) in [6, 6.07) is 6.05. The molecule has 0 amide bonds. The Morgan fingerprint density at radius 3 is 2.48 bits per heavy atom. The highest BCUT2D eigenvalue weighted by Crippen LogP contribution is 2.22. The molecule has 1 N–H and O–H groups in total. The van der Waals surface area contributed by atoms with Crippen LogP contribution < -0.4 is 5.32 Å². The van der Waals surface area contributed by atoms with Gasteiger partial charge in [0, 0.05) is 30.1 Å². The van der Waals surface area contributed by atoms with Gasteiger partial charge in [-0.2, -0.15) is 0 Å². The fourth-order valence-electron chi connectivity index (χ4n) is 2.25.